The summed E-state index contributed by atoms with van der Waals surface area (Å²) in [6.45, 7) is 1.87. The maximum atomic E-state index is 12.7. The van der Waals surface area contributed by atoms with Crippen molar-refractivity contribution in [2.24, 2.45) is 7.05 Å². The second-order valence-electron chi connectivity index (χ2n) is 6.41. The SMILES string of the molecule is COc1cc(C=c2sc(=CC(=O)c3ccccc3C)n(C)c2=O)cc(OC)c1O. The Morgan fingerprint density at radius 1 is 1.14 bits per heavy atom. The molecule has 0 bridgehead atoms. The van der Waals surface area contributed by atoms with E-state index in [0.29, 0.717) is 20.3 Å². The van der Waals surface area contributed by atoms with Gasteiger partial charge in [-0.25, -0.2) is 0 Å². The van der Waals surface area contributed by atoms with Gasteiger partial charge < -0.3 is 19.1 Å². The monoisotopic (exact) mass is 411 g/mol. The summed E-state index contributed by atoms with van der Waals surface area (Å²) in [7, 11) is 4.50. The molecule has 0 saturated carbocycles. The van der Waals surface area contributed by atoms with Crippen molar-refractivity contribution in [3.63, 3.8) is 0 Å². The maximum absolute atomic E-state index is 12.7. The molecule has 2 aromatic carbocycles. The number of rotatable bonds is 5. The molecule has 3 rings (SSSR count). The number of benzene rings is 2. The minimum Gasteiger partial charge on any atom is -0.502 e. The third-order valence-electron chi connectivity index (χ3n) is 4.53. The van der Waals surface area contributed by atoms with Gasteiger partial charge in [-0.15, -0.1) is 11.3 Å². The van der Waals surface area contributed by atoms with Crippen LogP contribution >= 0.6 is 11.3 Å². The molecular weight excluding hydrogens is 390 g/mol. The molecule has 1 N–H and O–H groups in total. The Labute approximate surface area is 171 Å². The molecule has 0 fully saturated rings. The first kappa shape index (κ1) is 20.4. The number of thiazole rings is 1. The fourth-order valence-corrected chi connectivity index (χ4v) is 3.93. The minimum atomic E-state index is -0.218. The van der Waals surface area contributed by atoms with Gasteiger partial charge in [0, 0.05) is 18.7 Å². The summed E-state index contributed by atoms with van der Waals surface area (Å²) in [5.74, 6) is 0.222. The molecule has 150 valence electrons. The van der Waals surface area contributed by atoms with Gasteiger partial charge in [0.2, 0.25) is 5.75 Å². The third kappa shape index (κ3) is 4.09. The zero-order chi connectivity index (χ0) is 21.1. The fourth-order valence-electron chi connectivity index (χ4n) is 2.90. The summed E-state index contributed by atoms with van der Waals surface area (Å²) in [4.78, 5) is 25.3. The lowest BCUT2D eigenvalue weighted by molar-refractivity contribution is 0.106. The molecule has 3 aromatic rings. The highest BCUT2D eigenvalue weighted by Gasteiger charge is 2.11. The molecule has 1 heterocycles. The standard InChI is InChI=1S/C22H21NO5S/c1-13-7-5-6-8-15(13)16(24)12-20-23(2)22(26)19(29-20)11-14-9-17(27-3)21(25)18(10-14)28-4/h5-12,25H,1-4H3. The van der Waals surface area contributed by atoms with Crippen molar-refractivity contribution < 1.29 is 19.4 Å². The molecule has 0 atom stereocenters. The normalized spacial score (nSPS) is 12.3. The highest BCUT2D eigenvalue weighted by molar-refractivity contribution is 7.07. The molecule has 29 heavy (non-hydrogen) atoms. The van der Waals surface area contributed by atoms with Crippen LogP contribution in [0.4, 0.5) is 0 Å². The van der Waals surface area contributed by atoms with Crippen molar-refractivity contribution in [1.29, 1.82) is 0 Å². The van der Waals surface area contributed by atoms with E-state index in [2.05, 4.69) is 0 Å². The van der Waals surface area contributed by atoms with Gasteiger partial charge in [-0.3, -0.25) is 9.59 Å². The molecule has 7 heteroatoms. The number of Topliss-reactive ketones (excluding diaryl/α,β-unsaturated/α-hetero) is 1. The molecule has 0 aliphatic carbocycles. The predicted octanol–water partition coefficient (Wildman–Crippen LogP) is 1.97. The van der Waals surface area contributed by atoms with Crippen LogP contribution in [0.3, 0.4) is 0 Å². The molecule has 1 aromatic heterocycles. The van der Waals surface area contributed by atoms with Crippen molar-refractivity contribution in [3.05, 3.63) is 72.6 Å². The van der Waals surface area contributed by atoms with E-state index in [4.69, 9.17) is 9.47 Å². The predicted molar refractivity (Wildman–Crippen MR) is 114 cm³/mol. The summed E-state index contributed by atoms with van der Waals surface area (Å²) < 4.78 is 12.8. The van der Waals surface area contributed by atoms with Gasteiger partial charge in [-0.2, -0.15) is 0 Å². The second-order valence-corrected chi connectivity index (χ2v) is 7.47. The van der Waals surface area contributed by atoms with E-state index in [-0.39, 0.29) is 28.6 Å². The van der Waals surface area contributed by atoms with Crippen LogP contribution in [0, 0.1) is 6.92 Å². The average molecular weight is 411 g/mol. The number of aromatic hydroxyl groups is 1. The van der Waals surface area contributed by atoms with E-state index in [0.717, 1.165) is 5.56 Å². The largest absolute Gasteiger partial charge is 0.502 e. The quantitative estimate of drug-likeness (QED) is 0.650. The summed E-state index contributed by atoms with van der Waals surface area (Å²) in [6, 6.07) is 10.5. The lowest BCUT2D eigenvalue weighted by Crippen LogP contribution is -2.29. The number of aromatic nitrogens is 1. The minimum absolute atomic E-state index is 0.107. The van der Waals surface area contributed by atoms with E-state index in [1.54, 1.807) is 31.3 Å². The lowest BCUT2D eigenvalue weighted by atomic mass is 10.1. The van der Waals surface area contributed by atoms with Gasteiger partial charge in [-0.05, 0) is 36.3 Å². The molecule has 0 aliphatic rings. The number of hydrogen-bond acceptors (Lipinski definition) is 6. The first-order valence-electron chi connectivity index (χ1n) is 8.80. The van der Waals surface area contributed by atoms with Crippen LogP contribution in [-0.2, 0) is 7.05 Å². The number of hydrogen-bond donors (Lipinski definition) is 1. The highest BCUT2D eigenvalue weighted by Crippen LogP contribution is 2.37. The zero-order valence-corrected chi connectivity index (χ0v) is 17.4. The first-order chi connectivity index (χ1) is 13.8. The average Bonchev–Trinajstić information content (AvgIpc) is 2.97. The molecular formula is C22H21NO5S. The molecule has 6 nitrogen and oxygen atoms in total. The summed E-state index contributed by atoms with van der Waals surface area (Å²) >= 11 is 1.22. The number of nitrogens with zero attached hydrogens (tertiary/aromatic N) is 1. The van der Waals surface area contributed by atoms with Crippen LogP contribution in [0.5, 0.6) is 17.2 Å². The first-order valence-corrected chi connectivity index (χ1v) is 9.61. The number of ketones is 1. The van der Waals surface area contributed by atoms with Crippen LogP contribution in [0.2, 0.25) is 0 Å². The van der Waals surface area contributed by atoms with Crippen molar-refractivity contribution >= 4 is 29.3 Å². The topological polar surface area (TPSA) is 77.8 Å². The number of ether oxygens (including phenoxy) is 2. The van der Waals surface area contributed by atoms with Crippen LogP contribution < -0.4 is 24.2 Å². The Balaban J connectivity index is 2.12. The van der Waals surface area contributed by atoms with Crippen LogP contribution in [0.1, 0.15) is 21.5 Å². The number of phenolic OH excluding ortho intramolecular Hbond substituents is 1. The third-order valence-corrected chi connectivity index (χ3v) is 5.64. The summed E-state index contributed by atoms with van der Waals surface area (Å²) in [6.07, 6.45) is 3.15. The number of carbonyl (C=O) groups is 1. The van der Waals surface area contributed by atoms with Crippen molar-refractivity contribution in [2.45, 2.75) is 6.92 Å². The van der Waals surface area contributed by atoms with Crippen molar-refractivity contribution in [1.82, 2.24) is 4.57 Å². The Kier molecular flexibility index (Phi) is 5.89. The number of carbonyl (C=O) groups excluding carboxylic acids is 1. The van der Waals surface area contributed by atoms with Gasteiger partial charge in [0.1, 0.15) is 4.66 Å². The van der Waals surface area contributed by atoms with E-state index >= 15 is 0 Å². The Hall–Kier alpha value is -3.32. The smallest absolute Gasteiger partial charge is 0.268 e. The van der Waals surface area contributed by atoms with Gasteiger partial charge in [-0.1, -0.05) is 24.3 Å². The van der Waals surface area contributed by atoms with Gasteiger partial charge in [0.05, 0.1) is 18.8 Å². The van der Waals surface area contributed by atoms with Crippen LogP contribution in [0.15, 0.2) is 41.2 Å². The van der Waals surface area contributed by atoms with Crippen LogP contribution in [0.25, 0.3) is 12.2 Å². The Morgan fingerprint density at radius 2 is 1.76 bits per heavy atom. The molecule has 0 spiro atoms. The lowest BCUT2D eigenvalue weighted by Gasteiger charge is -2.09. The Bertz CT molecular complexity index is 1230. The van der Waals surface area contributed by atoms with Crippen molar-refractivity contribution in [3.8, 4) is 17.2 Å². The van der Waals surface area contributed by atoms with Gasteiger partial charge >= 0.3 is 0 Å². The molecule has 0 aliphatic heterocycles. The Morgan fingerprint density at radius 3 is 2.34 bits per heavy atom. The fraction of sp³-hybridized carbons (Fsp3) is 0.182. The highest BCUT2D eigenvalue weighted by atomic mass is 32.1. The molecule has 0 saturated heterocycles. The molecule has 0 amide bonds. The summed E-state index contributed by atoms with van der Waals surface area (Å²) in [5.41, 5.74) is 1.90. The van der Waals surface area contributed by atoms with E-state index < -0.39 is 0 Å². The molecule has 0 radical (unpaired) electrons. The van der Waals surface area contributed by atoms with Crippen molar-refractivity contribution in [2.75, 3.05) is 14.2 Å². The van der Waals surface area contributed by atoms with Gasteiger partial charge in [0.25, 0.3) is 5.56 Å². The number of methoxy groups -OCH3 is 2. The zero-order valence-electron chi connectivity index (χ0n) is 16.6. The second kappa shape index (κ2) is 8.36. The van der Waals surface area contributed by atoms with E-state index in [1.807, 2.05) is 25.1 Å². The van der Waals surface area contributed by atoms with E-state index in [9.17, 15) is 14.7 Å². The maximum Gasteiger partial charge on any atom is 0.268 e. The summed E-state index contributed by atoms with van der Waals surface area (Å²) in [5, 5.41) is 10.0. The molecule has 0 unspecified atom stereocenters. The van der Waals surface area contributed by atoms with Crippen LogP contribution in [-0.4, -0.2) is 29.7 Å². The number of aryl methyl sites for hydroxylation is 1. The number of phenols is 1. The van der Waals surface area contributed by atoms with E-state index in [1.165, 1.54) is 36.2 Å². The van der Waals surface area contributed by atoms with Gasteiger partial charge in [0.15, 0.2) is 17.3 Å².